The first-order chi connectivity index (χ1) is 7.56. The van der Waals surface area contributed by atoms with E-state index in [4.69, 9.17) is 10.5 Å². The maximum atomic E-state index is 13.8. The Balaban J connectivity index is 2.90. The first-order valence-corrected chi connectivity index (χ1v) is 4.70. The van der Waals surface area contributed by atoms with E-state index in [-0.39, 0.29) is 11.3 Å². The second-order valence-corrected chi connectivity index (χ2v) is 3.53. The van der Waals surface area contributed by atoms with Gasteiger partial charge >= 0.3 is 0 Å². The summed E-state index contributed by atoms with van der Waals surface area (Å²) in [6, 6.07) is 1.43. The lowest BCUT2D eigenvalue weighted by Crippen LogP contribution is -2.13. The van der Waals surface area contributed by atoms with Crippen molar-refractivity contribution in [1.82, 2.24) is 4.98 Å². The summed E-state index contributed by atoms with van der Waals surface area (Å²) in [5.74, 6) is -1.53. The largest absolute Gasteiger partial charge is 0.492 e. The molecule has 1 aromatic heterocycles. The van der Waals surface area contributed by atoms with Crippen molar-refractivity contribution in [3.8, 4) is 5.75 Å². The summed E-state index contributed by atoms with van der Waals surface area (Å²) in [6.45, 7) is 1.85. The number of aromatic amines is 1. The van der Waals surface area contributed by atoms with E-state index in [1.54, 1.807) is 6.20 Å². The summed E-state index contributed by atoms with van der Waals surface area (Å²) in [6.07, 6.45) is 1.72. The predicted molar refractivity (Wildman–Crippen MR) is 58.1 cm³/mol. The summed E-state index contributed by atoms with van der Waals surface area (Å²) in [7, 11) is 1.35. The number of aromatic nitrogens is 1. The second-order valence-electron chi connectivity index (χ2n) is 3.53. The number of benzene rings is 1. The molecule has 5 heteroatoms. The normalized spacial score (nSPS) is 10.7. The number of methoxy groups -OCH3 is 1. The van der Waals surface area contributed by atoms with Gasteiger partial charge < -0.3 is 15.5 Å². The van der Waals surface area contributed by atoms with Gasteiger partial charge in [0.15, 0.2) is 11.6 Å². The van der Waals surface area contributed by atoms with Crippen LogP contribution >= 0.6 is 0 Å². The van der Waals surface area contributed by atoms with Gasteiger partial charge in [0.25, 0.3) is 5.91 Å². The summed E-state index contributed by atoms with van der Waals surface area (Å²) < 4.78 is 18.8. The highest BCUT2D eigenvalue weighted by Gasteiger charge is 2.19. The Morgan fingerprint density at radius 2 is 2.25 bits per heavy atom. The van der Waals surface area contributed by atoms with Gasteiger partial charge in [-0.15, -0.1) is 0 Å². The van der Waals surface area contributed by atoms with Crippen LogP contribution in [0.15, 0.2) is 12.3 Å². The van der Waals surface area contributed by atoms with Crippen molar-refractivity contribution in [1.29, 1.82) is 0 Å². The molecule has 3 N–H and O–H groups in total. The number of halogens is 1. The minimum atomic E-state index is -0.807. The molecule has 0 saturated carbocycles. The fraction of sp³-hybridized carbons (Fsp3) is 0.182. The molecule has 0 fully saturated rings. The predicted octanol–water partition coefficient (Wildman–Crippen LogP) is 1.72. The fourth-order valence-corrected chi connectivity index (χ4v) is 1.72. The zero-order valence-corrected chi connectivity index (χ0v) is 8.93. The van der Waals surface area contributed by atoms with Gasteiger partial charge in [-0.3, -0.25) is 4.79 Å². The molecule has 0 radical (unpaired) electrons. The summed E-state index contributed by atoms with van der Waals surface area (Å²) in [5, 5.41) is 0.729. The molecular weight excluding hydrogens is 211 g/mol. The Bertz CT molecular complexity index is 575. The van der Waals surface area contributed by atoms with E-state index in [1.165, 1.54) is 13.2 Å². The lowest BCUT2D eigenvalue weighted by molar-refractivity contribution is 0.0996. The van der Waals surface area contributed by atoms with Crippen LogP contribution in [0.3, 0.4) is 0 Å². The number of carbonyl (C=O) groups is 1. The van der Waals surface area contributed by atoms with E-state index in [2.05, 4.69) is 4.98 Å². The highest BCUT2D eigenvalue weighted by molar-refractivity contribution is 6.00. The number of primary amides is 1. The molecule has 16 heavy (non-hydrogen) atoms. The Morgan fingerprint density at radius 3 is 2.81 bits per heavy atom. The van der Waals surface area contributed by atoms with Crippen molar-refractivity contribution in [3.63, 3.8) is 0 Å². The van der Waals surface area contributed by atoms with Gasteiger partial charge in [0.1, 0.15) is 0 Å². The third-order valence-corrected chi connectivity index (χ3v) is 2.55. The van der Waals surface area contributed by atoms with E-state index < -0.39 is 11.7 Å². The maximum Gasteiger partial charge on any atom is 0.251 e. The number of nitrogens with two attached hydrogens (primary N) is 1. The fourth-order valence-electron chi connectivity index (χ4n) is 1.72. The van der Waals surface area contributed by atoms with Crippen molar-refractivity contribution in [2.75, 3.05) is 7.11 Å². The quantitative estimate of drug-likeness (QED) is 0.812. The maximum absolute atomic E-state index is 13.8. The van der Waals surface area contributed by atoms with Crippen LogP contribution < -0.4 is 10.5 Å². The van der Waals surface area contributed by atoms with Crippen molar-refractivity contribution in [2.45, 2.75) is 6.92 Å². The van der Waals surface area contributed by atoms with Gasteiger partial charge in [0.2, 0.25) is 0 Å². The van der Waals surface area contributed by atoms with Crippen molar-refractivity contribution >= 4 is 16.8 Å². The molecular formula is C11H11FN2O2. The summed E-state index contributed by atoms with van der Waals surface area (Å²) >= 11 is 0. The van der Waals surface area contributed by atoms with Crippen LogP contribution in [-0.4, -0.2) is 18.0 Å². The molecule has 0 atom stereocenters. The van der Waals surface area contributed by atoms with E-state index >= 15 is 0 Å². The van der Waals surface area contributed by atoms with Crippen LogP contribution in [0.4, 0.5) is 4.39 Å². The summed E-state index contributed by atoms with van der Waals surface area (Å²) in [4.78, 5) is 14.0. The number of ether oxygens (including phenoxy) is 1. The number of nitrogens with one attached hydrogen (secondary N) is 1. The Kier molecular flexibility index (Phi) is 2.30. The van der Waals surface area contributed by atoms with Crippen LogP contribution in [-0.2, 0) is 0 Å². The third-order valence-electron chi connectivity index (χ3n) is 2.55. The molecule has 0 aliphatic carbocycles. The van der Waals surface area contributed by atoms with E-state index in [0.717, 1.165) is 10.9 Å². The van der Waals surface area contributed by atoms with Crippen LogP contribution in [0, 0.1) is 12.7 Å². The van der Waals surface area contributed by atoms with Gasteiger partial charge in [0, 0.05) is 11.6 Å². The van der Waals surface area contributed by atoms with Crippen molar-refractivity contribution < 1.29 is 13.9 Å². The van der Waals surface area contributed by atoms with Gasteiger partial charge in [-0.05, 0) is 18.6 Å². The van der Waals surface area contributed by atoms with E-state index in [1.807, 2.05) is 6.92 Å². The smallest absolute Gasteiger partial charge is 0.251 e. The highest BCUT2D eigenvalue weighted by atomic mass is 19.1. The molecule has 2 rings (SSSR count). The topological polar surface area (TPSA) is 68.1 Å². The lowest BCUT2D eigenvalue weighted by Gasteiger charge is -2.07. The Hall–Kier alpha value is -2.04. The third kappa shape index (κ3) is 1.32. The number of fused-ring (bicyclic) bond motifs is 1. The van der Waals surface area contributed by atoms with Gasteiger partial charge in [-0.25, -0.2) is 4.39 Å². The first-order valence-electron chi connectivity index (χ1n) is 4.70. The molecule has 4 nitrogen and oxygen atoms in total. The number of hydrogen-bond donors (Lipinski definition) is 2. The number of H-pyrrole nitrogens is 1. The summed E-state index contributed by atoms with van der Waals surface area (Å²) in [5.41, 5.74) is 6.37. The molecule has 0 aliphatic rings. The number of aryl methyl sites for hydroxylation is 1. The Morgan fingerprint density at radius 1 is 1.56 bits per heavy atom. The van der Waals surface area contributed by atoms with E-state index in [0.29, 0.717) is 5.52 Å². The molecule has 84 valence electrons. The zero-order valence-electron chi connectivity index (χ0n) is 8.93. The monoisotopic (exact) mass is 222 g/mol. The van der Waals surface area contributed by atoms with Gasteiger partial charge in [-0.1, -0.05) is 0 Å². The molecule has 0 unspecified atom stereocenters. The zero-order chi connectivity index (χ0) is 11.9. The molecule has 1 amide bonds. The van der Waals surface area contributed by atoms with Crippen LogP contribution in [0.25, 0.3) is 10.9 Å². The minimum Gasteiger partial charge on any atom is -0.492 e. The van der Waals surface area contributed by atoms with Crippen LogP contribution in [0.2, 0.25) is 0 Å². The van der Waals surface area contributed by atoms with E-state index in [9.17, 15) is 9.18 Å². The first kappa shape index (κ1) is 10.5. The van der Waals surface area contributed by atoms with Gasteiger partial charge in [0.05, 0.1) is 18.2 Å². The van der Waals surface area contributed by atoms with Crippen molar-refractivity contribution in [2.24, 2.45) is 5.73 Å². The number of rotatable bonds is 2. The number of carbonyl (C=O) groups excluding carboxylic acids is 1. The molecule has 0 spiro atoms. The van der Waals surface area contributed by atoms with Crippen LogP contribution in [0.5, 0.6) is 5.75 Å². The SMILES string of the molecule is COc1c(F)c(C(N)=O)cc2c(C)c[nH]c12. The van der Waals surface area contributed by atoms with Gasteiger partial charge in [-0.2, -0.15) is 0 Å². The average molecular weight is 222 g/mol. The van der Waals surface area contributed by atoms with Crippen molar-refractivity contribution in [3.05, 3.63) is 29.2 Å². The Labute approximate surface area is 91.2 Å². The lowest BCUT2D eigenvalue weighted by atomic mass is 10.1. The van der Waals surface area contributed by atoms with Crippen LogP contribution in [0.1, 0.15) is 15.9 Å². The molecule has 0 bridgehead atoms. The standard InChI is InChI=1S/C11H11FN2O2/c1-5-4-14-9-6(5)3-7(11(13)15)8(12)10(9)16-2/h3-4,14H,1-2H3,(H2,13,15). The molecule has 2 aromatic rings. The molecule has 0 saturated heterocycles. The molecule has 0 aliphatic heterocycles. The molecule has 1 heterocycles. The highest BCUT2D eigenvalue weighted by Crippen LogP contribution is 2.32. The second kappa shape index (κ2) is 3.52. The minimum absolute atomic E-state index is 0.0133. The molecule has 1 aromatic carbocycles. The average Bonchev–Trinajstić information content (AvgIpc) is 2.59. The number of hydrogen-bond acceptors (Lipinski definition) is 2. The number of amides is 1.